The number of hydrogen-bond donors (Lipinski definition) is 0. The minimum absolute atomic E-state index is 0.0196. The van der Waals surface area contributed by atoms with Gasteiger partial charge in [0, 0.05) is 41.2 Å². The van der Waals surface area contributed by atoms with Crippen molar-refractivity contribution in [3.8, 4) is 5.88 Å². The van der Waals surface area contributed by atoms with Crippen LogP contribution < -0.4 is 9.64 Å². The maximum atomic E-state index is 5.77. The second-order valence-corrected chi connectivity index (χ2v) is 8.89. The molecule has 0 amide bonds. The van der Waals surface area contributed by atoms with Gasteiger partial charge in [-0.3, -0.25) is 4.90 Å². The van der Waals surface area contributed by atoms with Crippen LogP contribution in [0.2, 0.25) is 0 Å². The summed E-state index contributed by atoms with van der Waals surface area (Å²) in [6.45, 7) is 1.78. The van der Waals surface area contributed by atoms with Gasteiger partial charge in [0.15, 0.2) is 0 Å². The Morgan fingerprint density at radius 2 is 1.56 bits per heavy atom. The van der Waals surface area contributed by atoms with Crippen LogP contribution in [0.4, 0.5) is 5.69 Å². The van der Waals surface area contributed by atoms with Crippen LogP contribution in [0.5, 0.6) is 5.88 Å². The molecule has 0 aliphatic rings. The maximum Gasteiger partial charge on any atom is 0.218 e. The van der Waals surface area contributed by atoms with E-state index in [-0.39, 0.29) is 6.04 Å². The van der Waals surface area contributed by atoms with Crippen LogP contribution in [0.1, 0.15) is 17.2 Å². The van der Waals surface area contributed by atoms with E-state index in [0.29, 0.717) is 5.88 Å². The highest BCUT2D eigenvalue weighted by atomic mass is 79.9. The largest absolute Gasteiger partial charge is 0.481 e. The van der Waals surface area contributed by atoms with Gasteiger partial charge in [0.05, 0.1) is 18.7 Å². The first kappa shape index (κ1) is 22.3. The first-order valence-electron chi connectivity index (χ1n) is 10.7. The lowest BCUT2D eigenvalue weighted by atomic mass is 9.96. The van der Waals surface area contributed by atoms with Crippen LogP contribution in [0.15, 0.2) is 89.4 Å². The number of halogens is 1. The van der Waals surface area contributed by atoms with Gasteiger partial charge in [0.1, 0.15) is 0 Å². The van der Waals surface area contributed by atoms with E-state index in [2.05, 4.69) is 107 Å². The Balaban J connectivity index is 1.70. The lowest BCUT2D eigenvalue weighted by molar-refractivity contribution is 0.276. The van der Waals surface area contributed by atoms with Crippen LogP contribution >= 0.6 is 15.9 Å². The van der Waals surface area contributed by atoms with E-state index in [0.717, 1.165) is 34.0 Å². The van der Waals surface area contributed by atoms with E-state index in [1.54, 1.807) is 7.11 Å². The molecule has 1 heterocycles. The number of likely N-dealkylation sites (N-methyl/N-ethyl adjacent to an activating group) is 2. The molecule has 4 rings (SSSR count). The second-order valence-electron chi connectivity index (χ2n) is 7.97. The van der Waals surface area contributed by atoms with Crippen molar-refractivity contribution >= 4 is 32.5 Å². The minimum Gasteiger partial charge on any atom is -0.481 e. The lowest BCUT2D eigenvalue weighted by Gasteiger charge is -2.31. The molecule has 0 fully saturated rings. The summed E-state index contributed by atoms with van der Waals surface area (Å²) < 4.78 is 6.81. The highest BCUT2D eigenvalue weighted by molar-refractivity contribution is 9.10. The van der Waals surface area contributed by atoms with E-state index < -0.39 is 0 Å². The standard InChI is InChI=1S/C27H28BrN3O/c1-30(23-12-8-5-9-13-23)16-17-31(2)26(20-10-6-4-7-11-20)24-19-21-18-22(28)14-15-25(21)29-27(24)32-3/h4-15,18-19,26H,16-17H2,1-3H3. The number of pyridine rings is 1. The summed E-state index contributed by atoms with van der Waals surface area (Å²) in [7, 11) is 6.00. The molecule has 0 N–H and O–H groups in total. The Kier molecular flexibility index (Phi) is 7.08. The van der Waals surface area contributed by atoms with E-state index in [4.69, 9.17) is 9.72 Å². The van der Waals surface area contributed by atoms with E-state index in [9.17, 15) is 0 Å². The fraction of sp³-hybridized carbons (Fsp3) is 0.222. The highest BCUT2D eigenvalue weighted by Gasteiger charge is 2.24. The van der Waals surface area contributed by atoms with Gasteiger partial charge in [-0.05, 0) is 49.0 Å². The Morgan fingerprint density at radius 1 is 0.875 bits per heavy atom. The first-order chi connectivity index (χ1) is 15.6. The minimum atomic E-state index is 0.0196. The number of para-hydroxylation sites is 1. The number of nitrogens with zero attached hydrogens (tertiary/aromatic N) is 3. The molecule has 1 atom stereocenters. The molecule has 0 saturated carbocycles. The monoisotopic (exact) mass is 489 g/mol. The van der Waals surface area contributed by atoms with Crippen LogP contribution in [0.25, 0.3) is 10.9 Å². The molecule has 1 unspecified atom stereocenters. The number of aromatic nitrogens is 1. The fourth-order valence-electron chi connectivity index (χ4n) is 4.06. The molecule has 1 aromatic heterocycles. The third-order valence-corrected chi connectivity index (χ3v) is 6.29. The third-order valence-electron chi connectivity index (χ3n) is 5.80. The quantitative estimate of drug-likeness (QED) is 0.296. The molecule has 0 spiro atoms. The number of anilines is 1. The SMILES string of the molecule is COc1nc2ccc(Br)cc2cc1C(c1ccccc1)N(C)CCN(C)c1ccccc1. The van der Waals surface area contributed by atoms with Crippen LogP contribution in [-0.2, 0) is 0 Å². The van der Waals surface area contributed by atoms with Gasteiger partial charge >= 0.3 is 0 Å². The van der Waals surface area contributed by atoms with Crippen molar-refractivity contribution in [2.75, 3.05) is 39.2 Å². The predicted octanol–water partition coefficient (Wildman–Crippen LogP) is 6.16. The molecule has 164 valence electrons. The highest BCUT2D eigenvalue weighted by Crippen LogP contribution is 2.35. The van der Waals surface area contributed by atoms with Crippen molar-refractivity contribution in [2.24, 2.45) is 0 Å². The van der Waals surface area contributed by atoms with Gasteiger partial charge in [-0.15, -0.1) is 0 Å². The van der Waals surface area contributed by atoms with E-state index in [1.807, 2.05) is 18.2 Å². The van der Waals surface area contributed by atoms with E-state index in [1.165, 1.54) is 11.3 Å². The normalized spacial score (nSPS) is 12.2. The molecule has 3 aromatic carbocycles. The number of fused-ring (bicyclic) bond motifs is 1. The molecule has 5 heteroatoms. The molecule has 0 aliphatic carbocycles. The molecule has 0 bridgehead atoms. The number of rotatable bonds is 8. The zero-order valence-corrected chi connectivity index (χ0v) is 20.3. The van der Waals surface area contributed by atoms with E-state index >= 15 is 0 Å². The Labute approximate surface area is 198 Å². The number of methoxy groups -OCH3 is 1. The van der Waals surface area contributed by atoms with Gasteiger partial charge in [0.2, 0.25) is 5.88 Å². The number of hydrogen-bond acceptors (Lipinski definition) is 4. The molecule has 0 saturated heterocycles. The zero-order chi connectivity index (χ0) is 22.5. The summed E-state index contributed by atoms with van der Waals surface area (Å²) in [6.07, 6.45) is 0. The van der Waals surface area contributed by atoms with Crippen molar-refractivity contribution < 1.29 is 4.74 Å². The zero-order valence-electron chi connectivity index (χ0n) is 18.7. The van der Waals surface area contributed by atoms with Crippen LogP contribution in [-0.4, -0.2) is 44.2 Å². The summed E-state index contributed by atoms with van der Waals surface area (Å²) in [6, 6.07) is 29.4. The molecule has 4 aromatic rings. The number of benzene rings is 3. The Hall–Kier alpha value is -2.89. The van der Waals surface area contributed by atoms with Crippen LogP contribution in [0.3, 0.4) is 0 Å². The van der Waals surface area contributed by atoms with Gasteiger partial charge in [-0.1, -0.05) is 64.5 Å². The maximum absolute atomic E-state index is 5.77. The summed E-state index contributed by atoms with van der Waals surface area (Å²) in [5.41, 5.74) is 4.42. The molecular weight excluding hydrogens is 462 g/mol. The average Bonchev–Trinajstić information content (AvgIpc) is 2.83. The summed E-state index contributed by atoms with van der Waals surface area (Å²) >= 11 is 3.59. The van der Waals surface area contributed by atoms with Gasteiger partial charge in [0.25, 0.3) is 0 Å². The summed E-state index contributed by atoms with van der Waals surface area (Å²) in [4.78, 5) is 9.48. The van der Waals surface area contributed by atoms with Gasteiger partial charge < -0.3 is 9.64 Å². The van der Waals surface area contributed by atoms with Gasteiger partial charge in [-0.2, -0.15) is 0 Å². The molecule has 0 radical (unpaired) electrons. The van der Waals surface area contributed by atoms with Crippen molar-refractivity contribution in [1.29, 1.82) is 0 Å². The first-order valence-corrected chi connectivity index (χ1v) is 11.5. The molecule has 4 nitrogen and oxygen atoms in total. The van der Waals surface area contributed by atoms with Crippen molar-refractivity contribution in [2.45, 2.75) is 6.04 Å². The Morgan fingerprint density at radius 3 is 2.25 bits per heavy atom. The van der Waals surface area contributed by atoms with Crippen LogP contribution in [0, 0.1) is 0 Å². The molecule has 0 aliphatic heterocycles. The number of ether oxygens (including phenoxy) is 1. The Bertz CT molecular complexity index is 1170. The lowest BCUT2D eigenvalue weighted by Crippen LogP contribution is -2.34. The van der Waals surface area contributed by atoms with Crippen molar-refractivity contribution in [3.63, 3.8) is 0 Å². The molecule has 32 heavy (non-hydrogen) atoms. The van der Waals surface area contributed by atoms with Crippen molar-refractivity contribution in [1.82, 2.24) is 9.88 Å². The van der Waals surface area contributed by atoms with Gasteiger partial charge in [-0.25, -0.2) is 4.98 Å². The third kappa shape index (κ3) is 4.95. The molecular formula is C27H28BrN3O. The fourth-order valence-corrected chi connectivity index (χ4v) is 4.44. The summed E-state index contributed by atoms with van der Waals surface area (Å²) in [5.74, 6) is 0.664. The summed E-state index contributed by atoms with van der Waals surface area (Å²) in [5, 5.41) is 1.09. The predicted molar refractivity (Wildman–Crippen MR) is 137 cm³/mol. The second kappa shape index (κ2) is 10.2. The smallest absolute Gasteiger partial charge is 0.218 e. The topological polar surface area (TPSA) is 28.6 Å². The average molecular weight is 490 g/mol. The van der Waals surface area contributed by atoms with Crippen molar-refractivity contribution in [3.05, 3.63) is 101 Å².